The van der Waals surface area contributed by atoms with Crippen molar-refractivity contribution in [2.45, 2.75) is 31.7 Å². The standard InChI is InChI=1S/C16H28N4O3S/c1-18(15-7-10-24(22,23)13-15)9-6-16(21)19(2)8-4-5-14-11-17-20(3)12-14/h11-12,15H,4-10,13H2,1-3H3/t15-/m0/s1. The number of nitrogens with zero attached hydrogens (tertiary/aromatic N) is 4. The Kier molecular flexibility index (Phi) is 6.40. The molecule has 0 spiro atoms. The van der Waals surface area contributed by atoms with Crippen LogP contribution >= 0.6 is 0 Å². The lowest BCUT2D eigenvalue weighted by molar-refractivity contribution is -0.130. The Hall–Kier alpha value is -1.41. The minimum atomic E-state index is -2.88. The summed E-state index contributed by atoms with van der Waals surface area (Å²) < 4.78 is 24.8. The molecular formula is C16H28N4O3S. The summed E-state index contributed by atoms with van der Waals surface area (Å²) in [7, 11) is 2.75. The maximum absolute atomic E-state index is 12.2. The van der Waals surface area contributed by atoms with Crippen molar-refractivity contribution in [3.8, 4) is 0 Å². The number of carbonyl (C=O) groups is 1. The third-order valence-electron chi connectivity index (χ3n) is 4.65. The van der Waals surface area contributed by atoms with E-state index in [1.54, 1.807) is 9.58 Å². The molecule has 0 N–H and O–H groups in total. The molecule has 0 bridgehead atoms. The van der Waals surface area contributed by atoms with Gasteiger partial charge in [0.25, 0.3) is 0 Å². The normalized spacial score (nSPS) is 19.8. The molecule has 1 fully saturated rings. The number of aryl methyl sites for hydroxylation is 2. The molecule has 7 nitrogen and oxygen atoms in total. The van der Waals surface area contributed by atoms with Crippen molar-refractivity contribution in [1.82, 2.24) is 19.6 Å². The first kappa shape index (κ1) is 18.9. The summed E-state index contributed by atoms with van der Waals surface area (Å²) in [5.41, 5.74) is 1.18. The fourth-order valence-corrected chi connectivity index (χ4v) is 4.82. The molecule has 2 heterocycles. The second-order valence-corrected chi connectivity index (χ2v) is 8.96. The Morgan fingerprint density at radius 2 is 2.12 bits per heavy atom. The monoisotopic (exact) mass is 356 g/mol. The predicted molar refractivity (Wildman–Crippen MR) is 93.5 cm³/mol. The summed E-state index contributed by atoms with van der Waals surface area (Å²) in [5, 5.41) is 4.13. The van der Waals surface area contributed by atoms with Gasteiger partial charge in [-0.15, -0.1) is 0 Å². The smallest absolute Gasteiger partial charge is 0.223 e. The van der Waals surface area contributed by atoms with Crippen LogP contribution in [0.25, 0.3) is 0 Å². The highest BCUT2D eigenvalue weighted by atomic mass is 32.2. The molecule has 1 aliphatic heterocycles. The molecular weight excluding hydrogens is 328 g/mol. The highest BCUT2D eigenvalue weighted by Gasteiger charge is 2.30. The molecule has 1 saturated heterocycles. The molecule has 1 aromatic heterocycles. The Morgan fingerprint density at radius 1 is 1.38 bits per heavy atom. The van der Waals surface area contributed by atoms with E-state index in [1.165, 1.54) is 5.56 Å². The van der Waals surface area contributed by atoms with Crippen LogP contribution in [0.1, 0.15) is 24.8 Å². The van der Waals surface area contributed by atoms with Crippen molar-refractivity contribution in [3.05, 3.63) is 18.0 Å². The van der Waals surface area contributed by atoms with Crippen LogP contribution < -0.4 is 0 Å². The average molecular weight is 356 g/mol. The van der Waals surface area contributed by atoms with Gasteiger partial charge in [0.2, 0.25) is 5.91 Å². The maximum atomic E-state index is 12.2. The fraction of sp³-hybridized carbons (Fsp3) is 0.750. The highest BCUT2D eigenvalue weighted by Crippen LogP contribution is 2.16. The SMILES string of the molecule is CN(CCCc1cnn(C)c1)C(=O)CCN(C)[C@H]1CCS(=O)(=O)C1. The van der Waals surface area contributed by atoms with Gasteiger partial charge in [-0.1, -0.05) is 0 Å². The van der Waals surface area contributed by atoms with Crippen molar-refractivity contribution in [2.75, 3.05) is 38.7 Å². The zero-order valence-corrected chi connectivity index (χ0v) is 15.6. The Balaban J connectivity index is 1.66. The van der Waals surface area contributed by atoms with E-state index in [1.807, 2.05) is 38.4 Å². The van der Waals surface area contributed by atoms with Crippen molar-refractivity contribution < 1.29 is 13.2 Å². The molecule has 0 radical (unpaired) electrons. The van der Waals surface area contributed by atoms with Crippen LogP contribution in [-0.2, 0) is 28.1 Å². The Labute approximate surface area is 144 Å². The second-order valence-electron chi connectivity index (χ2n) is 6.73. The zero-order chi connectivity index (χ0) is 17.7. The maximum Gasteiger partial charge on any atom is 0.223 e. The molecule has 1 atom stereocenters. The van der Waals surface area contributed by atoms with E-state index in [0.29, 0.717) is 19.4 Å². The predicted octanol–water partition coefficient (Wildman–Crippen LogP) is 0.320. The van der Waals surface area contributed by atoms with E-state index in [9.17, 15) is 13.2 Å². The summed E-state index contributed by atoms with van der Waals surface area (Å²) in [6.45, 7) is 1.32. The van der Waals surface area contributed by atoms with Gasteiger partial charge in [-0.3, -0.25) is 9.48 Å². The van der Waals surface area contributed by atoms with E-state index < -0.39 is 9.84 Å². The van der Waals surface area contributed by atoms with Gasteiger partial charge in [0.1, 0.15) is 0 Å². The van der Waals surface area contributed by atoms with E-state index in [4.69, 9.17) is 0 Å². The van der Waals surface area contributed by atoms with Crippen molar-refractivity contribution in [1.29, 1.82) is 0 Å². The molecule has 2 rings (SSSR count). The zero-order valence-electron chi connectivity index (χ0n) is 14.8. The van der Waals surface area contributed by atoms with Gasteiger partial charge in [0, 0.05) is 45.8 Å². The number of hydrogen-bond donors (Lipinski definition) is 0. The van der Waals surface area contributed by atoms with Gasteiger partial charge in [-0.2, -0.15) is 5.10 Å². The summed E-state index contributed by atoms with van der Waals surface area (Å²) in [5.74, 6) is 0.594. The lowest BCUT2D eigenvalue weighted by Gasteiger charge is -2.24. The largest absolute Gasteiger partial charge is 0.346 e. The lowest BCUT2D eigenvalue weighted by Crippen LogP contribution is -2.37. The van der Waals surface area contributed by atoms with Crippen LogP contribution in [0.4, 0.5) is 0 Å². The van der Waals surface area contributed by atoms with Gasteiger partial charge in [0.15, 0.2) is 9.84 Å². The van der Waals surface area contributed by atoms with Crippen LogP contribution in [0.2, 0.25) is 0 Å². The summed E-state index contributed by atoms with van der Waals surface area (Å²) in [6.07, 6.45) is 6.76. The van der Waals surface area contributed by atoms with E-state index in [0.717, 1.165) is 19.4 Å². The number of amides is 1. The van der Waals surface area contributed by atoms with Gasteiger partial charge in [0.05, 0.1) is 17.7 Å². The molecule has 0 aromatic carbocycles. The lowest BCUT2D eigenvalue weighted by atomic mass is 10.2. The second kappa shape index (κ2) is 8.11. The molecule has 0 unspecified atom stereocenters. The van der Waals surface area contributed by atoms with E-state index >= 15 is 0 Å². The fourth-order valence-electron chi connectivity index (χ4n) is 3.01. The van der Waals surface area contributed by atoms with E-state index in [-0.39, 0.29) is 23.5 Å². The van der Waals surface area contributed by atoms with Crippen molar-refractivity contribution >= 4 is 15.7 Å². The van der Waals surface area contributed by atoms with Crippen molar-refractivity contribution in [3.63, 3.8) is 0 Å². The number of carbonyl (C=O) groups excluding carboxylic acids is 1. The minimum Gasteiger partial charge on any atom is -0.346 e. The van der Waals surface area contributed by atoms with Crippen LogP contribution in [0.5, 0.6) is 0 Å². The van der Waals surface area contributed by atoms with E-state index in [2.05, 4.69) is 5.10 Å². The van der Waals surface area contributed by atoms with Crippen LogP contribution in [-0.4, -0.2) is 78.6 Å². The molecule has 24 heavy (non-hydrogen) atoms. The van der Waals surface area contributed by atoms with Crippen molar-refractivity contribution in [2.24, 2.45) is 7.05 Å². The highest BCUT2D eigenvalue weighted by molar-refractivity contribution is 7.91. The molecule has 0 aliphatic carbocycles. The molecule has 136 valence electrons. The first-order valence-corrected chi connectivity index (χ1v) is 10.2. The van der Waals surface area contributed by atoms with Gasteiger partial charge in [-0.05, 0) is 31.9 Å². The summed E-state index contributed by atoms with van der Waals surface area (Å²) in [6, 6.07) is 0.0543. The quantitative estimate of drug-likeness (QED) is 0.671. The number of aromatic nitrogens is 2. The molecule has 0 saturated carbocycles. The topological polar surface area (TPSA) is 75.5 Å². The molecule has 1 aliphatic rings. The first-order chi connectivity index (χ1) is 11.3. The summed E-state index contributed by atoms with van der Waals surface area (Å²) in [4.78, 5) is 16.0. The number of hydrogen-bond acceptors (Lipinski definition) is 5. The first-order valence-electron chi connectivity index (χ1n) is 8.39. The third-order valence-corrected chi connectivity index (χ3v) is 6.40. The molecule has 8 heteroatoms. The number of sulfone groups is 1. The van der Waals surface area contributed by atoms with Gasteiger partial charge >= 0.3 is 0 Å². The van der Waals surface area contributed by atoms with Gasteiger partial charge < -0.3 is 9.80 Å². The van der Waals surface area contributed by atoms with Crippen LogP contribution in [0.3, 0.4) is 0 Å². The molecule has 1 aromatic rings. The van der Waals surface area contributed by atoms with Crippen LogP contribution in [0.15, 0.2) is 12.4 Å². The Bertz CT molecular complexity index is 656. The number of rotatable bonds is 8. The molecule has 1 amide bonds. The van der Waals surface area contributed by atoms with Gasteiger partial charge in [-0.25, -0.2) is 8.42 Å². The van der Waals surface area contributed by atoms with Crippen LogP contribution in [0, 0.1) is 0 Å². The minimum absolute atomic E-state index is 0.0543. The average Bonchev–Trinajstić information content (AvgIpc) is 3.09. The summed E-state index contributed by atoms with van der Waals surface area (Å²) >= 11 is 0. The third kappa shape index (κ3) is 5.59. The Morgan fingerprint density at radius 3 is 2.71 bits per heavy atom.